The van der Waals surface area contributed by atoms with Crippen LogP contribution in [0.4, 0.5) is 0 Å². The first-order valence-corrected chi connectivity index (χ1v) is 7.07. The van der Waals surface area contributed by atoms with Crippen molar-refractivity contribution in [1.82, 2.24) is 4.98 Å². The van der Waals surface area contributed by atoms with Gasteiger partial charge in [-0.2, -0.15) is 0 Å². The molecule has 1 aliphatic rings. The Bertz CT molecular complexity index is 535. The molecule has 0 saturated heterocycles. The van der Waals surface area contributed by atoms with Gasteiger partial charge in [0.1, 0.15) is 0 Å². The number of aromatic nitrogens is 1. The summed E-state index contributed by atoms with van der Waals surface area (Å²) in [5.74, 6) is 1.32. The van der Waals surface area contributed by atoms with Crippen molar-refractivity contribution in [3.8, 4) is 0 Å². The number of rotatable bonds is 3. The molecule has 0 radical (unpaired) electrons. The van der Waals surface area contributed by atoms with Gasteiger partial charge in [-0.05, 0) is 49.4 Å². The maximum Gasteiger partial charge on any atom is 0.0459 e. The van der Waals surface area contributed by atoms with Crippen LogP contribution < -0.4 is 5.73 Å². The molecule has 1 aliphatic carbocycles. The number of hydrogen-bond donors (Lipinski definition) is 2. The predicted molar refractivity (Wildman–Crippen MR) is 76.8 cm³/mol. The van der Waals surface area contributed by atoms with Crippen LogP contribution in [-0.2, 0) is 0 Å². The summed E-state index contributed by atoms with van der Waals surface area (Å²) in [6, 6.07) is 6.66. The summed E-state index contributed by atoms with van der Waals surface area (Å²) in [6.45, 7) is 2.91. The van der Waals surface area contributed by atoms with E-state index < -0.39 is 0 Å². The number of aryl methyl sites for hydroxylation is 1. The standard InChI is InChI=1S/C16H22N2/c1-11-6-7-13-15(10-18-16(13)8-11)14(9-17)12-4-2-3-5-12/h6-8,10,12,14,18H,2-5,9,17H2,1H3. The van der Waals surface area contributed by atoms with Crippen molar-refractivity contribution in [2.45, 2.75) is 38.5 Å². The van der Waals surface area contributed by atoms with Crippen LogP contribution >= 0.6 is 0 Å². The Labute approximate surface area is 109 Å². The Morgan fingerprint density at radius 1 is 1.33 bits per heavy atom. The first kappa shape index (κ1) is 11.8. The van der Waals surface area contributed by atoms with Gasteiger partial charge in [-0.1, -0.05) is 25.0 Å². The van der Waals surface area contributed by atoms with Crippen molar-refractivity contribution in [2.24, 2.45) is 11.7 Å². The van der Waals surface area contributed by atoms with E-state index in [4.69, 9.17) is 5.73 Å². The number of benzene rings is 1. The van der Waals surface area contributed by atoms with Crippen molar-refractivity contribution in [3.05, 3.63) is 35.5 Å². The Kier molecular flexibility index (Phi) is 3.13. The molecular formula is C16H22N2. The fourth-order valence-corrected chi connectivity index (χ4v) is 3.50. The minimum Gasteiger partial charge on any atom is -0.361 e. The molecule has 2 heteroatoms. The zero-order chi connectivity index (χ0) is 12.5. The topological polar surface area (TPSA) is 41.8 Å². The second-order valence-corrected chi connectivity index (χ2v) is 5.68. The summed E-state index contributed by atoms with van der Waals surface area (Å²) in [5.41, 5.74) is 10.0. The fraction of sp³-hybridized carbons (Fsp3) is 0.500. The molecule has 1 heterocycles. The lowest BCUT2D eigenvalue weighted by Crippen LogP contribution is -2.19. The number of aromatic amines is 1. The van der Waals surface area contributed by atoms with E-state index in [-0.39, 0.29) is 0 Å². The minimum absolute atomic E-state index is 0.531. The Balaban J connectivity index is 2.01. The smallest absolute Gasteiger partial charge is 0.0459 e. The van der Waals surface area contributed by atoms with E-state index in [0.717, 1.165) is 12.5 Å². The third-order valence-corrected chi connectivity index (χ3v) is 4.49. The van der Waals surface area contributed by atoms with Crippen LogP contribution in [-0.4, -0.2) is 11.5 Å². The Morgan fingerprint density at radius 3 is 2.83 bits per heavy atom. The molecule has 1 atom stereocenters. The van der Waals surface area contributed by atoms with Crippen LogP contribution in [0.1, 0.15) is 42.7 Å². The molecule has 0 aliphatic heterocycles. The number of H-pyrrole nitrogens is 1. The van der Waals surface area contributed by atoms with Gasteiger partial charge in [0.15, 0.2) is 0 Å². The molecule has 3 N–H and O–H groups in total. The number of nitrogens with two attached hydrogens (primary N) is 1. The molecule has 96 valence electrons. The molecule has 2 nitrogen and oxygen atoms in total. The molecule has 1 saturated carbocycles. The van der Waals surface area contributed by atoms with Crippen LogP contribution in [0.15, 0.2) is 24.4 Å². The van der Waals surface area contributed by atoms with Crippen molar-refractivity contribution in [3.63, 3.8) is 0 Å². The summed E-state index contributed by atoms with van der Waals surface area (Å²) in [7, 11) is 0. The van der Waals surface area contributed by atoms with Gasteiger partial charge in [0, 0.05) is 23.0 Å². The second kappa shape index (κ2) is 4.77. The van der Waals surface area contributed by atoms with Crippen LogP contribution in [0.5, 0.6) is 0 Å². The maximum atomic E-state index is 6.05. The molecule has 1 aromatic heterocycles. The maximum absolute atomic E-state index is 6.05. The van der Waals surface area contributed by atoms with E-state index >= 15 is 0 Å². The van der Waals surface area contributed by atoms with Gasteiger partial charge in [-0.25, -0.2) is 0 Å². The Morgan fingerprint density at radius 2 is 2.11 bits per heavy atom. The van der Waals surface area contributed by atoms with E-state index in [2.05, 4.69) is 36.3 Å². The molecule has 0 spiro atoms. The molecular weight excluding hydrogens is 220 g/mol. The van der Waals surface area contributed by atoms with E-state index in [1.54, 1.807) is 0 Å². The molecule has 18 heavy (non-hydrogen) atoms. The fourth-order valence-electron chi connectivity index (χ4n) is 3.50. The summed E-state index contributed by atoms with van der Waals surface area (Å²) >= 11 is 0. The average molecular weight is 242 g/mol. The molecule has 1 fully saturated rings. The third kappa shape index (κ3) is 1.95. The molecule has 3 rings (SSSR count). The van der Waals surface area contributed by atoms with Crippen LogP contribution in [0, 0.1) is 12.8 Å². The van der Waals surface area contributed by atoms with Gasteiger partial charge >= 0.3 is 0 Å². The quantitative estimate of drug-likeness (QED) is 0.846. The summed E-state index contributed by atoms with van der Waals surface area (Å²) < 4.78 is 0. The average Bonchev–Trinajstić information content (AvgIpc) is 3.00. The van der Waals surface area contributed by atoms with E-state index in [1.807, 2.05) is 0 Å². The largest absolute Gasteiger partial charge is 0.361 e. The zero-order valence-corrected chi connectivity index (χ0v) is 11.1. The second-order valence-electron chi connectivity index (χ2n) is 5.68. The van der Waals surface area contributed by atoms with E-state index in [0.29, 0.717) is 5.92 Å². The van der Waals surface area contributed by atoms with Gasteiger partial charge in [-0.15, -0.1) is 0 Å². The van der Waals surface area contributed by atoms with E-state index in [9.17, 15) is 0 Å². The normalized spacial score (nSPS) is 18.6. The van der Waals surface area contributed by atoms with Crippen LogP contribution in [0.3, 0.4) is 0 Å². The van der Waals surface area contributed by atoms with Crippen LogP contribution in [0.25, 0.3) is 10.9 Å². The molecule has 0 bridgehead atoms. The van der Waals surface area contributed by atoms with Gasteiger partial charge in [0.25, 0.3) is 0 Å². The summed E-state index contributed by atoms with van der Waals surface area (Å²) in [6.07, 6.45) is 7.63. The van der Waals surface area contributed by atoms with Gasteiger partial charge < -0.3 is 10.7 Å². The first-order chi connectivity index (χ1) is 8.79. The highest BCUT2D eigenvalue weighted by Gasteiger charge is 2.26. The van der Waals surface area contributed by atoms with E-state index in [1.165, 1.54) is 47.7 Å². The predicted octanol–water partition coefficient (Wildman–Crippen LogP) is 3.71. The SMILES string of the molecule is Cc1ccc2c(C(CN)C3CCCC3)c[nH]c2c1. The lowest BCUT2D eigenvalue weighted by atomic mass is 9.85. The van der Waals surface area contributed by atoms with Crippen molar-refractivity contribution < 1.29 is 0 Å². The monoisotopic (exact) mass is 242 g/mol. The van der Waals surface area contributed by atoms with Gasteiger partial charge in [-0.3, -0.25) is 0 Å². The molecule has 1 aromatic carbocycles. The van der Waals surface area contributed by atoms with Crippen molar-refractivity contribution in [1.29, 1.82) is 0 Å². The highest BCUT2D eigenvalue weighted by Crippen LogP contribution is 2.39. The Hall–Kier alpha value is -1.28. The molecule has 1 unspecified atom stereocenters. The number of nitrogens with one attached hydrogen (secondary N) is 1. The highest BCUT2D eigenvalue weighted by atomic mass is 14.7. The summed E-state index contributed by atoms with van der Waals surface area (Å²) in [5, 5.41) is 1.36. The lowest BCUT2D eigenvalue weighted by molar-refractivity contribution is 0.442. The summed E-state index contributed by atoms with van der Waals surface area (Å²) in [4.78, 5) is 3.41. The minimum atomic E-state index is 0.531. The number of hydrogen-bond acceptors (Lipinski definition) is 1. The van der Waals surface area contributed by atoms with Crippen molar-refractivity contribution >= 4 is 10.9 Å². The van der Waals surface area contributed by atoms with Gasteiger partial charge in [0.05, 0.1) is 0 Å². The first-order valence-electron chi connectivity index (χ1n) is 7.07. The highest BCUT2D eigenvalue weighted by molar-refractivity contribution is 5.84. The van der Waals surface area contributed by atoms with Crippen molar-refractivity contribution in [2.75, 3.05) is 6.54 Å². The zero-order valence-electron chi connectivity index (χ0n) is 11.1. The number of fused-ring (bicyclic) bond motifs is 1. The third-order valence-electron chi connectivity index (χ3n) is 4.49. The van der Waals surface area contributed by atoms with Gasteiger partial charge in [0.2, 0.25) is 0 Å². The lowest BCUT2D eigenvalue weighted by Gasteiger charge is -2.21. The van der Waals surface area contributed by atoms with Crippen LogP contribution in [0.2, 0.25) is 0 Å². The molecule has 0 amide bonds. The molecule has 2 aromatic rings.